The van der Waals surface area contributed by atoms with Gasteiger partial charge in [0.05, 0.1) is 58.2 Å². The summed E-state index contributed by atoms with van der Waals surface area (Å²) in [4.78, 5) is 25.2. The van der Waals surface area contributed by atoms with E-state index in [1.165, 1.54) is 7.11 Å². The molecular formula is C29H27NO7. The molecule has 1 heterocycles. The molecule has 0 unspecified atom stereocenters. The predicted octanol–water partition coefficient (Wildman–Crippen LogP) is 5.44. The summed E-state index contributed by atoms with van der Waals surface area (Å²) in [6.07, 6.45) is 0.736. The van der Waals surface area contributed by atoms with Crippen LogP contribution in [0.5, 0.6) is 23.0 Å². The number of aldehydes is 1. The van der Waals surface area contributed by atoms with E-state index in [4.69, 9.17) is 23.7 Å². The molecule has 1 aromatic heterocycles. The summed E-state index contributed by atoms with van der Waals surface area (Å²) in [5, 5.41) is 0. The van der Waals surface area contributed by atoms with Crippen molar-refractivity contribution < 1.29 is 33.3 Å². The number of carbonyl (C=O) groups excluding carboxylic acids is 2. The number of para-hydroxylation sites is 3. The van der Waals surface area contributed by atoms with Gasteiger partial charge in [-0.1, -0.05) is 30.3 Å². The van der Waals surface area contributed by atoms with Crippen molar-refractivity contribution in [3.05, 3.63) is 78.0 Å². The normalized spacial score (nSPS) is 10.5. The molecule has 0 amide bonds. The number of nitrogens with zero attached hydrogens (tertiary/aromatic N) is 1. The van der Waals surface area contributed by atoms with Crippen molar-refractivity contribution in [3.63, 3.8) is 0 Å². The van der Waals surface area contributed by atoms with E-state index in [0.717, 1.165) is 6.29 Å². The third-order valence-corrected chi connectivity index (χ3v) is 6.05. The molecule has 0 bridgehead atoms. The van der Waals surface area contributed by atoms with Gasteiger partial charge < -0.3 is 28.3 Å². The summed E-state index contributed by atoms with van der Waals surface area (Å²) in [7, 11) is 7.52. The predicted molar refractivity (Wildman–Crippen MR) is 140 cm³/mol. The molecule has 0 spiro atoms. The highest BCUT2D eigenvalue weighted by atomic mass is 16.5. The zero-order chi connectivity index (χ0) is 26.5. The van der Waals surface area contributed by atoms with Crippen LogP contribution >= 0.6 is 0 Å². The number of carbonyl (C=O) groups is 2. The van der Waals surface area contributed by atoms with E-state index in [1.54, 1.807) is 75.5 Å². The van der Waals surface area contributed by atoms with Crippen LogP contribution in [0.3, 0.4) is 0 Å². The molecule has 0 aliphatic carbocycles. The molecule has 8 nitrogen and oxygen atoms in total. The van der Waals surface area contributed by atoms with Gasteiger partial charge in [0.25, 0.3) is 0 Å². The van der Waals surface area contributed by atoms with Crippen molar-refractivity contribution in [1.82, 2.24) is 4.57 Å². The quantitative estimate of drug-likeness (QED) is 0.223. The van der Waals surface area contributed by atoms with Gasteiger partial charge in [-0.25, -0.2) is 4.79 Å². The van der Waals surface area contributed by atoms with Crippen LogP contribution in [0.15, 0.2) is 66.7 Å². The van der Waals surface area contributed by atoms with Gasteiger partial charge in [-0.2, -0.15) is 0 Å². The number of aromatic nitrogens is 1. The first-order chi connectivity index (χ1) is 18.0. The number of esters is 1. The van der Waals surface area contributed by atoms with Crippen LogP contribution in [-0.2, 0) is 4.74 Å². The van der Waals surface area contributed by atoms with Crippen molar-refractivity contribution >= 4 is 12.3 Å². The standard InChI is InChI=1S/C29H27NO7/c1-33-24-14-8-11-19(27(24)35-3)22-16-18(17-31)30(23-13-7-6-10-20(23)29(32)37-5)26(22)21-12-9-15-25(34-2)28(21)36-4/h6-17H,1-5H3. The zero-order valence-electron chi connectivity index (χ0n) is 21.2. The monoisotopic (exact) mass is 501 g/mol. The summed E-state index contributed by atoms with van der Waals surface area (Å²) < 4.78 is 29.3. The Morgan fingerprint density at radius 1 is 0.703 bits per heavy atom. The minimum atomic E-state index is -0.537. The lowest BCUT2D eigenvalue weighted by atomic mass is 9.98. The lowest BCUT2D eigenvalue weighted by Crippen LogP contribution is -2.11. The van der Waals surface area contributed by atoms with Crippen molar-refractivity contribution in [2.75, 3.05) is 35.5 Å². The van der Waals surface area contributed by atoms with Crippen molar-refractivity contribution in [1.29, 1.82) is 0 Å². The second-order valence-corrected chi connectivity index (χ2v) is 7.88. The van der Waals surface area contributed by atoms with Crippen LogP contribution < -0.4 is 18.9 Å². The van der Waals surface area contributed by atoms with Crippen LogP contribution in [0.2, 0.25) is 0 Å². The van der Waals surface area contributed by atoms with E-state index in [9.17, 15) is 9.59 Å². The molecule has 0 atom stereocenters. The highest BCUT2D eigenvalue weighted by Crippen LogP contribution is 2.48. The summed E-state index contributed by atoms with van der Waals surface area (Å²) >= 11 is 0. The van der Waals surface area contributed by atoms with Gasteiger partial charge in [0.2, 0.25) is 0 Å². The van der Waals surface area contributed by atoms with Crippen LogP contribution in [0.25, 0.3) is 28.1 Å². The van der Waals surface area contributed by atoms with Crippen molar-refractivity contribution in [2.45, 2.75) is 0 Å². The molecule has 3 aromatic carbocycles. The van der Waals surface area contributed by atoms with E-state index in [2.05, 4.69) is 0 Å². The number of benzene rings is 3. The molecule has 0 saturated carbocycles. The Labute approximate surface area is 214 Å². The lowest BCUT2D eigenvalue weighted by molar-refractivity contribution is 0.0600. The minimum absolute atomic E-state index is 0.288. The van der Waals surface area contributed by atoms with Gasteiger partial charge in [-0.3, -0.25) is 4.79 Å². The van der Waals surface area contributed by atoms with Crippen molar-refractivity contribution in [2.24, 2.45) is 0 Å². The van der Waals surface area contributed by atoms with Crippen molar-refractivity contribution in [3.8, 4) is 51.1 Å². The smallest absolute Gasteiger partial charge is 0.339 e. The van der Waals surface area contributed by atoms with Gasteiger partial charge in [-0.15, -0.1) is 0 Å². The van der Waals surface area contributed by atoms with Crippen LogP contribution in [0, 0.1) is 0 Å². The molecule has 8 heteroatoms. The molecule has 4 rings (SSSR count). The second-order valence-electron chi connectivity index (χ2n) is 7.88. The van der Waals surface area contributed by atoms with Crippen LogP contribution in [-0.4, -0.2) is 52.4 Å². The number of rotatable bonds is 9. The van der Waals surface area contributed by atoms with E-state index < -0.39 is 5.97 Å². The van der Waals surface area contributed by atoms with E-state index >= 15 is 0 Å². The van der Waals surface area contributed by atoms with E-state index in [1.807, 2.05) is 24.3 Å². The first-order valence-electron chi connectivity index (χ1n) is 11.4. The third kappa shape index (κ3) is 4.38. The van der Waals surface area contributed by atoms with Gasteiger partial charge in [0, 0.05) is 16.7 Å². The maximum Gasteiger partial charge on any atom is 0.339 e. The zero-order valence-corrected chi connectivity index (χ0v) is 21.2. The summed E-state index contributed by atoms with van der Waals surface area (Å²) in [5.74, 6) is 1.44. The molecule has 37 heavy (non-hydrogen) atoms. The number of ether oxygens (including phenoxy) is 5. The fraction of sp³-hybridized carbons (Fsp3) is 0.172. The average molecular weight is 502 g/mol. The molecule has 0 aliphatic rings. The Balaban J connectivity index is 2.21. The maximum absolute atomic E-state index is 12.7. The highest BCUT2D eigenvalue weighted by molar-refractivity contribution is 5.98. The average Bonchev–Trinajstić information content (AvgIpc) is 3.34. The minimum Gasteiger partial charge on any atom is -0.493 e. The largest absolute Gasteiger partial charge is 0.493 e. The molecule has 0 saturated heterocycles. The molecule has 4 aromatic rings. The summed E-state index contributed by atoms with van der Waals surface area (Å²) in [5.41, 5.74) is 3.61. The van der Waals surface area contributed by atoms with Gasteiger partial charge >= 0.3 is 5.97 Å². The molecule has 0 aliphatic heterocycles. The Bertz CT molecular complexity index is 1450. The maximum atomic E-state index is 12.7. The SMILES string of the molecule is COC(=O)c1ccccc1-n1c(C=O)cc(-c2cccc(OC)c2OC)c1-c1cccc(OC)c1OC. The second kappa shape index (κ2) is 10.9. The molecule has 0 N–H and O–H groups in total. The number of hydrogen-bond donors (Lipinski definition) is 0. The molecule has 190 valence electrons. The third-order valence-electron chi connectivity index (χ3n) is 6.05. The number of methoxy groups -OCH3 is 5. The highest BCUT2D eigenvalue weighted by Gasteiger charge is 2.27. The Kier molecular flexibility index (Phi) is 7.48. The molecule has 0 fully saturated rings. The van der Waals surface area contributed by atoms with Gasteiger partial charge in [-0.05, 0) is 36.4 Å². The number of hydrogen-bond acceptors (Lipinski definition) is 7. The first kappa shape index (κ1) is 25.4. The first-order valence-corrected chi connectivity index (χ1v) is 11.4. The summed E-state index contributed by atoms with van der Waals surface area (Å²) in [6.45, 7) is 0. The Morgan fingerprint density at radius 3 is 1.86 bits per heavy atom. The fourth-order valence-electron chi connectivity index (χ4n) is 4.47. The van der Waals surface area contributed by atoms with Gasteiger partial charge in [0.1, 0.15) is 0 Å². The van der Waals surface area contributed by atoms with Crippen LogP contribution in [0.1, 0.15) is 20.8 Å². The Hall–Kier alpha value is -4.72. The molecule has 0 radical (unpaired) electrons. The molecular weight excluding hydrogens is 474 g/mol. The fourth-order valence-corrected chi connectivity index (χ4v) is 4.47. The Morgan fingerprint density at radius 2 is 1.30 bits per heavy atom. The van der Waals surface area contributed by atoms with Gasteiger partial charge in [0.15, 0.2) is 29.3 Å². The van der Waals surface area contributed by atoms with E-state index in [0.29, 0.717) is 56.8 Å². The van der Waals surface area contributed by atoms with E-state index in [-0.39, 0.29) is 5.56 Å². The summed E-state index contributed by atoms with van der Waals surface area (Å²) in [6, 6.07) is 19.6. The lowest BCUT2D eigenvalue weighted by Gasteiger charge is -2.20. The topological polar surface area (TPSA) is 85.2 Å². The van der Waals surface area contributed by atoms with Crippen LogP contribution in [0.4, 0.5) is 0 Å².